The van der Waals surface area contributed by atoms with Gasteiger partial charge in [-0.2, -0.15) is 0 Å². The lowest BCUT2D eigenvalue weighted by atomic mass is 10.2. The van der Waals surface area contributed by atoms with E-state index in [9.17, 15) is 9.18 Å². The van der Waals surface area contributed by atoms with Gasteiger partial charge < -0.3 is 20.1 Å². The Bertz CT molecular complexity index is 747. The number of anilines is 1. The maximum atomic E-state index is 14.3. The molecule has 0 radical (unpaired) electrons. The van der Waals surface area contributed by atoms with Crippen molar-refractivity contribution in [2.24, 2.45) is 5.92 Å². The number of carbonyl (C=O) groups excluding carboxylic acids is 1. The van der Waals surface area contributed by atoms with Crippen LogP contribution in [0.3, 0.4) is 0 Å². The molecule has 25 heavy (non-hydrogen) atoms. The van der Waals surface area contributed by atoms with E-state index in [-0.39, 0.29) is 18.2 Å². The smallest absolute Gasteiger partial charge is 0.238 e. The lowest BCUT2D eigenvalue weighted by molar-refractivity contribution is -0.115. The highest BCUT2D eigenvalue weighted by atomic mass is 19.1. The van der Waals surface area contributed by atoms with Gasteiger partial charge in [0, 0.05) is 11.8 Å². The maximum Gasteiger partial charge on any atom is 0.238 e. The number of rotatable bonds is 8. The molecule has 1 aliphatic rings. The summed E-state index contributed by atoms with van der Waals surface area (Å²) in [5.41, 5.74) is 0.392. The number of hydrogen-bond donors (Lipinski definition) is 2. The first-order valence-corrected chi connectivity index (χ1v) is 8.26. The van der Waals surface area contributed by atoms with E-state index in [1.807, 2.05) is 0 Å². The highest BCUT2D eigenvalue weighted by Gasteiger charge is 2.20. The first kappa shape index (κ1) is 17.2. The van der Waals surface area contributed by atoms with Gasteiger partial charge in [0.15, 0.2) is 23.1 Å². The van der Waals surface area contributed by atoms with Gasteiger partial charge in [-0.1, -0.05) is 12.1 Å². The molecule has 2 N–H and O–H groups in total. The fourth-order valence-corrected chi connectivity index (χ4v) is 2.40. The maximum absolute atomic E-state index is 14.3. The number of ether oxygens (including phenoxy) is 2. The predicted octanol–water partition coefficient (Wildman–Crippen LogP) is 3.56. The summed E-state index contributed by atoms with van der Waals surface area (Å²) < 4.78 is 25.0. The van der Waals surface area contributed by atoms with Gasteiger partial charge in [0.05, 0.1) is 13.7 Å². The lowest BCUT2D eigenvalue weighted by Crippen LogP contribution is -2.29. The quantitative estimate of drug-likeness (QED) is 0.769. The molecule has 1 saturated carbocycles. The molecular weight excluding hydrogens is 323 g/mol. The third-order valence-corrected chi connectivity index (χ3v) is 3.92. The van der Waals surface area contributed by atoms with Gasteiger partial charge in [0.2, 0.25) is 5.91 Å². The molecule has 1 amide bonds. The van der Waals surface area contributed by atoms with E-state index in [0.29, 0.717) is 23.1 Å². The van der Waals surface area contributed by atoms with E-state index >= 15 is 0 Å². The third kappa shape index (κ3) is 4.93. The summed E-state index contributed by atoms with van der Waals surface area (Å²) in [6.45, 7) is 1.07. The molecule has 0 unspecified atom stereocenters. The Labute approximate surface area is 146 Å². The van der Waals surface area contributed by atoms with Crippen LogP contribution in [0.1, 0.15) is 12.8 Å². The number of methoxy groups -OCH3 is 1. The molecule has 0 saturated heterocycles. The number of benzene rings is 2. The Morgan fingerprint density at radius 3 is 2.60 bits per heavy atom. The van der Waals surface area contributed by atoms with Gasteiger partial charge in [0.1, 0.15) is 0 Å². The molecule has 5 nitrogen and oxygen atoms in total. The standard InChI is InChI=1S/C19H21FN2O3/c1-24-17-4-2-3-5-18(17)25-16-9-8-14(10-15(16)20)22-19(23)12-21-11-13-6-7-13/h2-5,8-10,13,21H,6-7,11-12H2,1H3,(H,22,23). The molecule has 0 aromatic heterocycles. The normalized spacial score (nSPS) is 13.4. The van der Waals surface area contributed by atoms with Crippen molar-refractivity contribution in [1.82, 2.24) is 5.32 Å². The van der Waals surface area contributed by atoms with Crippen molar-refractivity contribution in [2.75, 3.05) is 25.5 Å². The van der Waals surface area contributed by atoms with Crippen LogP contribution in [0.25, 0.3) is 0 Å². The fourth-order valence-electron chi connectivity index (χ4n) is 2.40. The molecule has 0 spiro atoms. The minimum absolute atomic E-state index is 0.0642. The summed E-state index contributed by atoms with van der Waals surface area (Å²) in [6, 6.07) is 11.3. The number of amides is 1. The van der Waals surface area contributed by atoms with Gasteiger partial charge in [0.25, 0.3) is 0 Å². The van der Waals surface area contributed by atoms with Crippen LogP contribution in [0.15, 0.2) is 42.5 Å². The zero-order valence-corrected chi connectivity index (χ0v) is 14.0. The Morgan fingerprint density at radius 2 is 1.92 bits per heavy atom. The molecule has 0 atom stereocenters. The Morgan fingerprint density at radius 1 is 1.16 bits per heavy atom. The van der Waals surface area contributed by atoms with Crippen LogP contribution in [0.5, 0.6) is 17.2 Å². The number of halogens is 1. The minimum atomic E-state index is -0.561. The molecule has 1 aliphatic carbocycles. The average Bonchev–Trinajstić information content (AvgIpc) is 3.42. The number of hydrogen-bond acceptors (Lipinski definition) is 4. The minimum Gasteiger partial charge on any atom is -0.493 e. The van der Waals surface area contributed by atoms with Crippen molar-refractivity contribution in [2.45, 2.75) is 12.8 Å². The molecule has 0 bridgehead atoms. The highest BCUT2D eigenvalue weighted by molar-refractivity contribution is 5.92. The predicted molar refractivity (Wildman–Crippen MR) is 93.7 cm³/mol. The summed E-state index contributed by atoms with van der Waals surface area (Å²) in [5.74, 6) is 0.949. The van der Waals surface area contributed by atoms with Gasteiger partial charge in [-0.15, -0.1) is 0 Å². The number of nitrogens with one attached hydrogen (secondary N) is 2. The second-order valence-electron chi connectivity index (χ2n) is 6.02. The van der Waals surface area contributed by atoms with E-state index in [1.54, 1.807) is 30.3 Å². The van der Waals surface area contributed by atoms with Crippen molar-refractivity contribution in [3.8, 4) is 17.2 Å². The fraction of sp³-hybridized carbons (Fsp3) is 0.316. The molecule has 1 fully saturated rings. The SMILES string of the molecule is COc1ccccc1Oc1ccc(NC(=O)CNCC2CC2)cc1F. The van der Waals surface area contributed by atoms with Gasteiger partial charge in [-0.3, -0.25) is 4.79 Å². The Balaban J connectivity index is 1.59. The first-order chi connectivity index (χ1) is 12.2. The zero-order chi connectivity index (χ0) is 17.6. The van der Waals surface area contributed by atoms with E-state index < -0.39 is 5.82 Å². The van der Waals surface area contributed by atoms with E-state index in [2.05, 4.69) is 10.6 Å². The largest absolute Gasteiger partial charge is 0.493 e. The summed E-state index contributed by atoms with van der Waals surface area (Å²) in [5, 5.41) is 5.76. The number of carbonyl (C=O) groups is 1. The highest BCUT2D eigenvalue weighted by Crippen LogP contribution is 2.33. The first-order valence-electron chi connectivity index (χ1n) is 8.26. The van der Waals surface area contributed by atoms with Gasteiger partial charge >= 0.3 is 0 Å². The summed E-state index contributed by atoms with van der Waals surface area (Å²) >= 11 is 0. The average molecular weight is 344 g/mol. The summed E-state index contributed by atoms with van der Waals surface area (Å²) in [4.78, 5) is 11.8. The summed E-state index contributed by atoms with van der Waals surface area (Å²) in [6.07, 6.45) is 2.46. The molecule has 3 rings (SSSR count). The molecule has 2 aromatic carbocycles. The van der Waals surface area contributed by atoms with Crippen molar-refractivity contribution in [1.29, 1.82) is 0 Å². The van der Waals surface area contributed by atoms with Crippen LogP contribution in [0, 0.1) is 11.7 Å². The second kappa shape index (κ2) is 7.98. The van der Waals surface area contributed by atoms with Gasteiger partial charge in [-0.05, 0) is 49.6 Å². The van der Waals surface area contributed by atoms with Crippen molar-refractivity contribution in [3.63, 3.8) is 0 Å². The summed E-state index contributed by atoms with van der Waals surface area (Å²) in [7, 11) is 1.52. The van der Waals surface area contributed by atoms with Gasteiger partial charge in [-0.25, -0.2) is 4.39 Å². The topological polar surface area (TPSA) is 59.6 Å². The Kier molecular flexibility index (Phi) is 5.50. The van der Waals surface area contributed by atoms with E-state index in [1.165, 1.54) is 32.1 Å². The number of para-hydroxylation sites is 2. The monoisotopic (exact) mass is 344 g/mol. The van der Waals surface area contributed by atoms with E-state index in [0.717, 1.165) is 6.54 Å². The molecule has 2 aromatic rings. The van der Waals surface area contributed by atoms with E-state index in [4.69, 9.17) is 9.47 Å². The van der Waals surface area contributed by atoms with Crippen LogP contribution in [0.2, 0.25) is 0 Å². The van der Waals surface area contributed by atoms with Crippen LogP contribution in [0.4, 0.5) is 10.1 Å². The molecular formula is C19H21FN2O3. The van der Waals surface area contributed by atoms with Crippen LogP contribution >= 0.6 is 0 Å². The van der Waals surface area contributed by atoms with Crippen LogP contribution < -0.4 is 20.1 Å². The zero-order valence-electron chi connectivity index (χ0n) is 14.0. The molecule has 6 heteroatoms. The third-order valence-electron chi connectivity index (χ3n) is 3.92. The van der Waals surface area contributed by atoms with Crippen LogP contribution in [-0.4, -0.2) is 26.1 Å². The lowest BCUT2D eigenvalue weighted by Gasteiger charge is -2.12. The second-order valence-corrected chi connectivity index (χ2v) is 6.02. The molecule has 132 valence electrons. The molecule has 0 aliphatic heterocycles. The van der Waals surface area contributed by atoms with Crippen LogP contribution in [-0.2, 0) is 4.79 Å². The molecule has 0 heterocycles. The van der Waals surface area contributed by atoms with Crippen molar-refractivity contribution in [3.05, 3.63) is 48.3 Å². The van der Waals surface area contributed by atoms with Crippen molar-refractivity contribution >= 4 is 11.6 Å². The van der Waals surface area contributed by atoms with Crippen molar-refractivity contribution < 1.29 is 18.7 Å². The Hall–Kier alpha value is -2.60.